The van der Waals surface area contributed by atoms with Crippen molar-refractivity contribution >= 4 is 27.7 Å². The van der Waals surface area contributed by atoms with E-state index < -0.39 is 0 Å². The standard InChI is InChI=1S/C14H18BrN3OS/c1-2-3-4-12(16)14-17-13(18-19-14)9-20-11-7-5-10(15)6-8-11/h5-8,12H,2-4,9,16H2,1H3/t12-/m0/s1. The molecule has 108 valence electrons. The molecule has 2 N–H and O–H groups in total. The fourth-order valence-electron chi connectivity index (χ4n) is 1.70. The molecule has 1 aromatic heterocycles. The van der Waals surface area contributed by atoms with Gasteiger partial charge >= 0.3 is 0 Å². The Morgan fingerprint density at radius 1 is 1.35 bits per heavy atom. The van der Waals surface area contributed by atoms with E-state index in [1.807, 2.05) is 12.1 Å². The van der Waals surface area contributed by atoms with Crippen LogP contribution in [0.3, 0.4) is 0 Å². The predicted octanol–water partition coefficient (Wildman–Crippen LogP) is 4.31. The molecule has 0 aliphatic rings. The number of thioether (sulfide) groups is 1. The van der Waals surface area contributed by atoms with Gasteiger partial charge < -0.3 is 10.3 Å². The molecule has 0 radical (unpaired) electrons. The second kappa shape index (κ2) is 7.81. The molecule has 0 bridgehead atoms. The molecule has 1 heterocycles. The Morgan fingerprint density at radius 2 is 2.10 bits per heavy atom. The Balaban J connectivity index is 1.87. The van der Waals surface area contributed by atoms with Crippen LogP contribution in [0, 0.1) is 0 Å². The van der Waals surface area contributed by atoms with Crippen molar-refractivity contribution in [2.75, 3.05) is 0 Å². The fraction of sp³-hybridized carbons (Fsp3) is 0.429. The summed E-state index contributed by atoms with van der Waals surface area (Å²) in [7, 11) is 0. The van der Waals surface area contributed by atoms with Crippen LogP contribution < -0.4 is 5.73 Å². The topological polar surface area (TPSA) is 64.9 Å². The minimum Gasteiger partial charge on any atom is -0.338 e. The molecule has 2 rings (SSSR count). The summed E-state index contributed by atoms with van der Waals surface area (Å²) in [5.74, 6) is 1.93. The lowest BCUT2D eigenvalue weighted by molar-refractivity contribution is 0.343. The van der Waals surface area contributed by atoms with Gasteiger partial charge in [-0.3, -0.25) is 0 Å². The van der Waals surface area contributed by atoms with Crippen molar-refractivity contribution in [1.29, 1.82) is 0 Å². The molecule has 1 atom stereocenters. The minimum absolute atomic E-state index is 0.145. The van der Waals surface area contributed by atoms with Crippen molar-refractivity contribution in [1.82, 2.24) is 10.1 Å². The van der Waals surface area contributed by atoms with Crippen LogP contribution in [0.2, 0.25) is 0 Å². The zero-order valence-electron chi connectivity index (χ0n) is 11.4. The molecule has 0 spiro atoms. The third-order valence-electron chi connectivity index (χ3n) is 2.85. The van der Waals surface area contributed by atoms with Crippen LogP contribution in [0.1, 0.15) is 43.9 Å². The average Bonchev–Trinajstić information content (AvgIpc) is 2.93. The van der Waals surface area contributed by atoms with Gasteiger partial charge in [-0.15, -0.1) is 11.8 Å². The predicted molar refractivity (Wildman–Crippen MR) is 84.5 cm³/mol. The highest BCUT2D eigenvalue weighted by Gasteiger charge is 2.14. The van der Waals surface area contributed by atoms with E-state index in [0.29, 0.717) is 17.5 Å². The molecule has 4 nitrogen and oxygen atoms in total. The molecule has 20 heavy (non-hydrogen) atoms. The smallest absolute Gasteiger partial charge is 0.243 e. The van der Waals surface area contributed by atoms with Crippen LogP contribution in [0.5, 0.6) is 0 Å². The summed E-state index contributed by atoms with van der Waals surface area (Å²) in [5, 5.41) is 3.98. The third-order valence-corrected chi connectivity index (χ3v) is 4.39. The zero-order valence-corrected chi connectivity index (χ0v) is 13.8. The highest BCUT2D eigenvalue weighted by Crippen LogP contribution is 2.24. The zero-order chi connectivity index (χ0) is 14.4. The molecule has 0 aliphatic heterocycles. The van der Waals surface area contributed by atoms with E-state index in [-0.39, 0.29) is 6.04 Å². The maximum absolute atomic E-state index is 6.01. The Bertz CT molecular complexity index is 529. The van der Waals surface area contributed by atoms with Gasteiger partial charge in [0.25, 0.3) is 0 Å². The molecule has 2 aromatic rings. The Labute approximate surface area is 131 Å². The first-order valence-corrected chi connectivity index (χ1v) is 8.43. The van der Waals surface area contributed by atoms with Gasteiger partial charge in [-0.25, -0.2) is 0 Å². The van der Waals surface area contributed by atoms with Gasteiger partial charge in [-0.05, 0) is 30.7 Å². The number of nitrogens with two attached hydrogens (primary N) is 1. The number of halogens is 1. The van der Waals surface area contributed by atoms with Gasteiger partial charge in [0.2, 0.25) is 5.89 Å². The SMILES string of the molecule is CCCC[C@H](N)c1nc(CSc2ccc(Br)cc2)no1. The normalized spacial score (nSPS) is 12.6. The van der Waals surface area contributed by atoms with Crippen molar-refractivity contribution < 1.29 is 4.52 Å². The molecule has 0 fully saturated rings. The summed E-state index contributed by atoms with van der Waals surface area (Å²) >= 11 is 5.10. The molecule has 1 aromatic carbocycles. The Kier molecular flexibility index (Phi) is 6.06. The Hall–Kier alpha value is -0.850. The number of hydrogen-bond acceptors (Lipinski definition) is 5. The summed E-state index contributed by atoms with van der Waals surface area (Å²) in [6, 6.07) is 8.01. The molecular formula is C14H18BrN3OS. The van der Waals surface area contributed by atoms with E-state index in [2.05, 4.69) is 45.1 Å². The molecule has 0 aliphatic carbocycles. The van der Waals surface area contributed by atoms with Crippen molar-refractivity contribution in [3.05, 3.63) is 40.5 Å². The van der Waals surface area contributed by atoms with E-state index >= 15 is 0 Å². The van der Waals surface area contributed by atoms with Gasteiger partial charge in [-0.2, -0.15) is 4.98 Å². The first kappa shape index (κ1) is 15.5. The molecule has 0 saturated heterocycles. The van der Waals surface area contributed by atoms with Crippen molar-refractivity contribution in [2.24, 2.45) is 5.73 Å². The van der Waals surface area contributed by atoms with Gasteiger partial charge in [0.1, 0.15) is 0 Å². The van der Waals surface area contributed by atoms with Crippen LogP contribution in [0.25, 0.3) is 0 Å². The second-order valence-electron chi connectivity index (χ2n) is 4.54. The average molecular weight is 356 g/mol. The van der Waals surface area contributed by atoms with Crippen molar-refractivity contribution in [3.63, 3.8) is 0 Å². The number of hydrogen-bond donors (Lipinski definition) is 1. The highest BCUT2D eigenvalue weighted by molar-refractivity contribution is 9.10. The lowest BCUT2D eigenvalue weighted by Gasteiger charge is -2.03. The van der Waals surface area contributed by atoms with Crippen molar-refractivity contribution in [3.8, 4) is 0 Å². The van der Waals surface area contributed by atoms with Crippen LogP contribution in [0.15, 0.2) is 38.2 Å². The maximum atomic E-state index is 6.01. The molecule has 0 unspecified atom stereocenters. The number of nitrogens with zero attached hydrogens (tertiary/aromatic N) is 2. The van der Waals surface area contributed by atoms with Gasteiger partial charge in [0, 0.05) is 9.37 Å². The van der Waals surface area contributed by atoms with E-state index in [1.54, 1.807) is 11.8 Å². The summed E-state index contributed by atoms with van der Waals surface area (Å²) in [5.41, 5.74) is 6.01. The maximum Gasteiger partial charge on any atom is 0.243 e. The number of benzene rings is 1. The van der Waals surface area contributed by atoms with E-state index in [1.165, 1.54) is 4.90 Å². The second-order valence-corrected chi connectivity index (χ2v) is 6.50. The molecular weight excluding hydrogens is 338 g/mol. The minimum atomic E-state index is -0.145. The number of rotatable bonds is 7. The van der Waals surface area contributed by atoms with Gasteiger partial charge in [-0.1, -0.05) is 40.9 Å². The van der Waals surface area contributed by atoms with Crippen LogP contribution in [-0.2, 0) is 5.75 Å². The fourth-order valence-corrected chi connectivity index (χ4v) is 2.71. The largest absolute Gasteiger partial charge is 0.338 e. The van der Waals surface area contributed by atoms with E-state index in [4.69, 9.17) is 10.3 Å². The third kappa shape index (κ3) is 4.61. The monoisotopic (exact) mass is 355 g/mol. The van der Waals surface area contributed by atoms with Gasteiger partial charge in [0.05, 0.1) is 11.8 Å². The molecule has 0 saturated carbocycles. The van der Waals surface area contributed by atoms with Crippen LogP contribution >= 0.6 is 27.7 Å². The van der Waals surface area contributed by atoms with Gasteiger partial charge in [0.15, 0.2) is 5.82 Å². The van der Waals surface area contributed by atoms with E-state index in [9.17, 15) is 0 Å². The molecule has 6 heteroatoms. The van der Waals surface area contributed by atoms with E-state index in [0.717, 1.165) is 23.7 Å². The summed E-state index contributed by atoms with van der Waals surface area (Å²) in [6.45, 7) is 2.14. The lowest BCUT2D eigenvalue weighted by atomic mass is 10.1. The number of unbranched alkanes of at least 4 members (excludes halogenated alkanes) is 1. The summed E-state index contributed by atoms with van der Waals surface area (Å²) in [6.07, 6.45) is 3.08. The summed E-state index contributed by atoms with van der Waals surface area (Å²) < 4.78 is 6.30. The van der Waals surface area contributed by atoms with Crippen molar-refractivity contribution in [2.45, 2.75) is 42.9 Å². The van der Waals surface area contributed by atoms with Crippen LogP contribution in [0.4, 0.5) is 0 Å². The quantitative estimate of drug-likeness (QED) is 0.749. The molecule has 0 amide bonds. The Morgan fingerprint density at radius 3 is 2.80 bits per heavy atom. The first-order valence-electron chi connectivity index (χ1n) is 6.65. The lowest BCUT2D eigenvalue weighted by Crippen LogP contribution is -2.10. The summed E-state index contributed by atoms with van der Waals surface area (Å²) in [4.78, 5) is 5.54. The first-order chi connectivity index (χ1) is 9.69. The van der Waals surface area contributed by atoms with Crippen LogP contribution in [-0.4, -0.2) is 10.1 Å². The highest BCUT2D eigenvalue weighted by atomic mass is 79.9. The number of aromatic nitrogens is 2.